The van der Waals surface area contributed by atoms with Crippen LogP contribution in [0.5, 0.6) is 0 Å². The second-order valence-corrected chi connectivity index (χ2v) is 9.44. The second kappa shape index (κ2) is 11.7. The van der Waals surface area contributed by atoms with Gasteiger partial charge in [0.2, 0.25) is 5.95 Å². The fourth-order valence-electron chi connectivity index (χ4n) is 4.84. The predicted molar refractivity (Wildman–Crippen MR) is 140 cm³/mol. The maximum Gasteiger partial charge on any atom is 0.227 e. The number of imidazole rings is 1. The van der Waals surface area contributed by atoms with Gasteiger partial charge in [0.15, 0.2) is 17.0 Å². The van der Waals surface area contributed by atoms with Crippen molar-refractivity contribution in [3.8, 4) is 0 Å². The number of nitrogens with zero attached hydrogens (tertiary/aromatic N) is 4. The van der Waals surface area contributed by atoms with Gasteiger partial charge in [-0.15, -0.1) is 24.8 Å². The molecule has 5 rings (SSSR count). The summed E-state index contributed by atoms with van der Waals surface area (Å²) in [5, 5.41) is 7.17. The van der Waals surface area contributed by atoms with Crippen LogP contribution in [0.1, 0.15) is 63.0 Å². The van der Waals surface area contributed by atoms with Gasteiger partial charge in [0.1, 0.15) is 5.82 Å². The van der Waals surface area contributed by atoms with Crippen LogP contribution in [0.3, 0.4) is 0 Å². The Balaban J connectivity index is 0.00000162. The number of aromatic nitrogens is 4. The summed E-state index contributed by atoms with van der Waals surface area (Å²) in [6.45, 7) is 0.281. The molecule has 4 N–H and O–H groups in total. The molecule has 2 aliphatic rings. The predicted octanol–water partition coefficient (Wildman–Crippen LogP) is 5.87. The van der Waals surface area contributed by atoms with Gasteiger partial charge >= 0.3 is 0 Å². The van der Waals surface area contributed by atoms with Crippen LogP contribution < -0.4 is 16.4 Å². The number of rotatable bonds is 6. The minimum atomic E-state index is -0.344. The molecule has 0 saturated heterocycles. The van der Waals surface area contributed by atoms with E-state index in [0.717, 1.165) is 44.2 Å². The van der Waals surface area contributed by atoms with Gasteiger partial charge in [0.05, 0.1) is 6.33 Å². The van der Waals surface area contributed by atoms with E-state index in [2.05, 4.69) is 20.2 Å². The molecule has 3 aromatic rings. The summed E-state index contributed by atoms with van der Waals surface area (Å²) in [6.07, 6.45) is 10.6. The van der Waals surface area contributed by atoms with Crippen LogP contribution >= 0.6 is 36.4 Å². The normalized spacial score (nSPS) is 20.6. The number of anilines is 2. The Hall–Kier alpha value is -1.87. The molecule has 34 heavy (non-hydrogen) atoms. The topological polar surface area (TPSA) is 93.7 Å². The van der Waals surface area contributed by atoms with Crippen LogP contribution in [-0.4, -0.2) is 31.6 Å². The van der Waals surface area contributed by atoms with E-state index < -0.39 is 0 Å². The standard InChI is InChI=1S/C23H29ClFN7.2ClH/c24-15-6-5-14(19(25)11-15)12-27-21-20-22(32(13-28-20)18-3-1-2-4-18)31-23(30-21)29-17-9-7-16(26)8-10-17;;/h5-6,11,13,16-18H,1-4,7-10,12,26H2,(H2,27,29,30,31);2*1H/t16-,17-;;. The summed E-state index contributed by atoms with van der Waals surface area (Å²) in [5.41, 5.74) is 8.11. The highest BCUT2D eigenvalue weighted by Gasteiger charge is 2.24. The average molecular weight is 531 g/mol. The molecule has 2 saturated carbocycles. The lowest BCUT2D eigenvalue weighted by Gasteiger charge is -2.27. The SMILES string of the molecule is Cl.Cl.N[C@H]1CC[C@H](Nc2nc(NCc3ccc(Cl)cc3F)c3ncn(C4CCCC4)c3n2)CC1. The highest BCUT2D eigenvalue weighted by Crippen LogP contribution is 2.33. The Bertz CT molecular complexity index is 1100. The molecular weight excluding hydrogens is 500 g/mol. The zero-order valence-corrected chi connectivity index (χ0v) is 21.2. The van der Waals surface area contributed by atoms with E-state index in [1.165, 1.54) is 18.9 Å². The fourth-order valence-corrected chi connectivity index (χ4v) is 5.00. The van der Waals surface area contributed by atoms with E-state index >= 15 is 0 Å². The van der Waals surface area contributed by atoms with Crippen LogP contribution in [0, 0.1) is 5.82 Å². The Labute approximate surface area is 216 Å². The molecule has 0 amide bonds. The van der Waals surface area contributed by atoms with Crippen molar-refractivity contribution in [1.82, 2.24) is 19.5 Å². The van der Waals surface area contributed by atoms with Gasteiger partial charge in [-0.3, -0.25) is 0 Å². The lowest BCUT2D eigenvalue weighted by atomic mass is 9.92. The third-order valence-corrected chi connectivity index (χ3v) is 6.94. The zero-order valence-electron chi connectivity index (χ0n) is 18.8. The van der Waals surface area contributed by atoms with Gasteiger partial charge in [-0.25, -0.2) is 9.37 Å². The van der Waals surface area contributed by atoms with Crippen LogP contribution in [0.4, 0.5) is 16.2 Å². The van der Waals surface area contributed by atoms with Crippen molar-refractivity contribution in [2.75, 3.05) is 10.6 Å². The molecule has 0 unspecified atom stereocenters. The van der Waals surface area contributed by atoms with Gasteiger partial charge in [0, 0.05) is 35.3 Å². The first-order valence-corrected chi connectivity index (χ1v) is 11.9. The summed E-state index contributed by atoms with van der Waals surface area (Å²) >= 11 is 5.89. The van der Waals surface area contributed by atoms with E-state index in [9.17, 15) is 4.39 Å². The summed E-state index contributed by atoms with van der Waals surface area (Å²) in [4.78, 5) is 14.2. The largest absolute Gasteiger partial charge is 0.364 e. The Morgan fingerprint density at radius 1 is 1.06 bits per heavy atom. The van der Waals surface area contributed by atoms with E-state index in [0.29, 0.717) is 40.0 Å². The monoisotopic (exact) mass is 529 g/mol. The zero-order chi connectivity index (χ0) is 22.1. The van der Waals surface area contributed by atoms with E-state index in [4.69, 9.17) is 27.3 Å². The molecule has 0 bridgehead atoms. The molecule has 7 nitrogen and oxygen atoms in total. The first-order chi connectivity index (χ1) is 15.6. The molecule has 2 heterocycles. The lowest BCUT2D eigenvalue weighted by molar-refractivity contribution is 0.410. The molecule has 0 spiro atoms. The Morgan fingerprint density at radius 2 is 1.79 bits per heavy atom. The molecule has 186 valence electrons. The van der Waals surface area contributed by atoms with Gasteiger partial charge < -0.3 is 20.9 Å². The molecule has 1 aromatic carbocycles. The Morgan fingerprint density at radius 3 is 2.50 bits per heavy atom. The van der Waals surface area contributed by atoms with Gasteiger partial charge in [0.25, 0.3) is 0 Å². The highest BCUT2D eigenvalue weighted by molar-refractivity contribution is 6.30. The number of nitrogens with one attached hydrogen (secondary N) is 2. The molecule has 0 aliphatic heterocycles. The first-order valence-electron chi connectivity index (χ1n) is 11.5. The lowest BCUT2D eigenvalue weighted by Crippen LogP contribution is -2.33. The molecular formula is C23H31Cl3FN7. The third kappa shape index (κ3) is 5.85. The summed E-state index contributed by atoms with van der Waals surface area (Å²) in [7, 11) is 0. The maximum absolute atomic E-state index is 14.3. The van der Waals surface area contributed by atoms with Crippen molar-refractivity contribution < 1.29 is 4.39 Å². The average Bonchev–Trinajstić information content (AvgIpc) is 3.44. The number of halogens is 4. The molecule has 0 radical (unpaired) electrons. The number of fused-ring (bicyclic) bond motifs is 1. The fraction of sp³-hybridized carbons (Fsp3) is 0.522. The highest BCUT2D eigenvalue weighted by atomic mass is 35.5. The number of benzene rings is 1. The maximum atomic E-state index is 14.3. The van der Waals surface area contributed by atoms with E-state index in [1.807, 2.05) is 6.33 Å². The summed E-state index contributed by atoms with van der Waals surface area (Å²) < 4.78 is 16.5. The van der Waals surface area contributed by atoms with Crippen molar-refractivity contribution in [3.05, 3.63) is 40.9 Å². The van der Waals surface area contributed by atoms with Crippen LogP contribution in [0.25, 0.3) is 11.2 Å². The molecule has 2 fully saturated rings. The van der Waals surface area contributed by atoms with E-state index in [1.54, 1.807) is 12.1 Å². The second-order valence-electron chi connectivity index (χ2n) is 9.00. The van der Waals surface area contributed by atoms with Gasteiger partial charge in [-0.2, -0.15) is 9.97 Å². The molecule has 11 heteroatoms. The quantitative estimate of drug-likeness (QED) is 0.369. The number of hydrogen-bond acceptors (Lipinski definition) is 6. The van der Waals surface area contributed by atoms with Gasteiger partial charge in [-0.05, 0) is 50.7 Å². The van der Waals surface area contributed by atoms with Crippen molar-refractivity contribution in [3.63, 3.8) is 0 Å². The minimum Gasteiger partial charge on any atom is -0.364 e. The molecule has 2 aliphatic carbocycles. The molecule has 0 atom stereocenters. The minimum absolute atomic E-state index is 0. The van der Waals surface area contributed by atoms with Crippen molar-refractivity contribution in [1.29, 1.82) is 0 Å². The van der Waals surface area contributed by atoms with Gasteiger partial charge in [-0.1, -0.05) is 30.5 Å². The first kappa shape index (κ1) is 26.7. The van der Waals surface area contributed by atoms with Crippen molar-refractivity contribution in [2.24, 2.45) is 5.73 Å². The third-order valence-electron chi connectivity index (χ3n) is 6.71. The van der Waals surface area contributed by atoms with Crippen LogP contribution in [0.15, 0.2) is 24.5 Å². The van der Waals surface area contributed by atoms with E-state index in [-0.39, 0.29) is 43.2 Å². The number of nitrogens with two attached hydrogens (primary N) is 1. The summed E-state index contributed by atoms with van der Waals surface area (Å²) in [5.74, 6) is 0.844. The van der Waals surface area contributed by atoms with Crippen LogP contribution in [0.2, 0.25) is 5.02 Å². The van der Waals surface area contributed by atoms with Crippen molar-refractivity contribution >= 4 is 59.3 Å². The van der Waals surface area contributed by atoms with Crippen LogP contribution in [-0.2, 0) is 6.54 Å². The molecule has 2 aromatic heterocycles. The smallest absolute Gasteiger partial charge is 0.227 e. The van der Waals surface area contributed by atoms with Crippen molar-refractivity contribution in [2.45, 2.75) is 76.0 Å². The summed E-state index contributed by atoms with van der Waals surface area (Å²) in [6, 6.07) is 5.70. The Kier molecular flexibility index (Phi) is 9.20. The number of hydrogen-bond donors (Lipinski definition) is 3.